The maximum absolute atomic E-state index is 13.2. The normalized spacial score (nSPS) is 14.7. The van der Waals surface area contributed by atoms with E-state index in [1.54, 1.807) is 14.2 Å². The smallest absolute Gasteiger partial charge is 0.223 e. The molecule has 1 aliphatic heterocycles. The van der Waals surface area contributed by atoms with E-state index in [0.717, 1.165) is 40.7 Å². The lowest BCUT2D eigenvalue weighted by molar-refractivity contribution is -0.133. The van der Waals surface area contributed by atoms with Crippen LogP contribution in [0.25, 0.3) is 0 Å². The molecule has 6 nitrogen and oxygen atoms in total. The molecule has 0 saturated carbocycles. The van der Waals surface area contributed by atoms with Gasteiger partial charge in [-0.05, 0) is 84.0 Å². The predicted octanol–water partition coefficient (Wildman–Crippen LogP) is 6.14. The van der Waals surface area contributed by atoms with Gasteiger partial charge in [0.15, 0.2) is 11.5 Å². The first-order valence-corrected chi connectivity index (χ1v) is 13.1. The monoisotopic (exact) mass is 522 g/mol. The van der Waals surface area contributed by atoms with Crippen LogP contribution in [-0.2, 0) is 17.6 Å². The Morgan fingerprint density at radius 3 is 2.49 bits per heavy atom. The first-order valence-electron chi connectivity index (χ1n) is 12.7. The van der Waals surface area contributed by atoms with Gasteiger partial charge in [-0.1, -0.05) is 30.7 Å². The van der Waals surface area contributed by atoms with Crippen molar-refractivity contribution in [3.05, 3.63) is 81.4 Å². The number of nitrogen functional groups attached to an aromatic ring is 1. The Balaban J connectivity index is 1.67. The van der Waals surface area contributed by atoms with E-state index >= 15 is 0 Å². The number of aryl methyl sites for hydroxylation is 1. The molecule has 0 fully saturated rings. The van der Waals surface area contributed by atoms with E-state index in [4.69, 9.17) is 31.5 Å². The summed E-state index contributed by atoms with van der Waals surface area (Å²) in [6, 6.07) is 15.5. The van der Waals surface area contributed by atoms with Crippen LogP contribution in [-0.4, -0.2) is 38.2 Å². The average Bonchev–Trinajstić information content (AvgIpc) is 2.88. The molecule has 2 N–H and O–H groups in total. The zero-order valence-electron chi connectivity index (χ0n) is 22.0. The first kappa shape index (κ1) is 26.7. The molecule has 7 heteroatoms. The highest BCUT2D eigenvalue weighted by Gasteiger charge is 2.33. The Hall–Kier alpha value is -3.38. The van der Waals surface area contributed by atoms with Gasteiger partial charge in [0.2, 0.25) is 5.91 Å². The Labute approximate surface area is 224 Å². The second-order valence-electron chi connectivity index (χ2n) is 9.37. The molecule has 1 heterocycles. The van der Waals surface area contributed by atoms with E-state index in [2.05, 4.69) is 6.07 Å². The summed E-state index contributed by atoms with van der Waals surface area (Å²) < 4.78 is 17.2. The summed E-state index contributed by atoms with van der Waals surface area (Å²) in [5, 5.41) is 0.682. The van der Waals surface area contributed by atoms with E-state index in [-0.39, 0.29) is 11.9 Å². The quantitative estimate of drug-likeness (QED) is 0.341. The van der Waals surface area contributed by atoms with E-state index in [1.807, 2.05) is 61.2 Å². The minimum atomic E-state index is -0.213. The number of ether oxygens (including phenoxy) is 3. The molecule has 1 aliphatic rings. The number of fused-ring (bicyclic) bond motifs is 1. The van der Waals surface area contributed by atoms with Crippen LogP contribution >= 0.6 is 11.6 Å². The molecule has 0 aromatic heterocycles. The summed E-state index contributed by atoms with van der Waals surface area (Å²) >= 11 is 6.27. The fourth-order valence-corrected chi connectivity index (χ4v) is 5.25. The van der Waals surface area contributed by atoms with Crippen molar-refractivity contribution in [1.29, 1.82) is 0 Å². The summed E-state index contributed by atoms with van der Waals surface area (Å²) in [5.41, 5.74) is 12.1. The number of benzene rings is 3. The number of hydrogen-bond acceptors (Lipinski definition) is 5. The molecule has 3 aromatic carbocycles. The number of carbonyl (C=O) groups excluding carboxylic acids is 1. The molecule has 0 radical (unpaired) electrons. The Morgan fingerprint density at radius 2 is 1.81 bits per heavy atom. The van der Waals surface area contributed by atoms with E-state index < -0.39 is 0 Å². The fraction of sp³-hybridized carbons (Fsp3) is 0.367. The van der Waals surface area contributed by atoms with Crippen molar-refractivity contribution in [3.63, 3.8) is 0 Å². The number of nitrogens with two attached hydrogens (primary N) is 1. The third-order valence-electron chi connectivity index (χ3n) is 6.91. The van der Waals surface area contributed by atoms with E-state index in [0.29, 0.717) is 54.0 Å². The average molecular weight is 523 g/mol. The molecule has 0 saturated heterocycles. The number of amides is 1. The minimum absolute atomic E-state index is 0.155. The molecule has 1 atom stereocenters. The van der Waals surface area contributed by atoms with Crippen molar-refractivity contribution in [2.45, 2.75) is 45.6 Å². The Bertz CT molecular complexity index is 1280. The minimum Gasteiger partial charge on any atom is -0.495 e. The van der Waals surface area contributed by atoms with E-state index in [1.165, 1.54) is 0 Å². The zero-order chi connectivity index (χ0) is 26.5. The first-order chi connectivity index (χ1) is 17.9. The van der Waals surface area contributed by atoms with Crippen LogP contribution in [0.4, 0.5) is 5.69 Å². The lowest BCUT2D eigenvalue weighted by atomic mass is 9.85. The number of carbonyl (C=O) groups is 1. The summed E-state index contributed by atoms with van der Waals surface area (Å²) in [6.45, 7) is 5.18. The van der Waals surface area contributed by atoms with Crippen LogP contribution < -0.4 is 19.9 Å². The van der Waals surface area contributed by atoms with Crippen LogP contribution in [0, 0.1) is 6.92 Å². The van der Waals surface area contributed by atoms with Gasteiger partial charge in [0.05, 0.1) is 32.6 Å². The summed E-state index contributed by atoms with van der Waals surface area (Å²) in [6.07, 6.45) is 2.76. The van der Waals surface area contributed by atoms with Crippen molar-refractivity contribution in [2.24, 2.45) is 0 Å². The van der Waals surface area contributed by atoms with Crippen molar-refractivity contribution >= 4 is 23.2 Å². The number of rotatable bonds is 9. The second kappa shape index (κ2) is 11.8. The van der Waals surface area contributed by atoms with E-state index in [9.17, 15) is 4.79 Å². The second-order valence-corrected chi connectivity index (χ2v) is 9.80. The number of anilines is 1. The fourth-order valence-electron chi connectivity index (χ4n) is 5.02. The topological polar surface area (TPSA) is 74.0 Å². The molecule has 1 amide bonds. The molecular weight excluding hydrogens is 488 g/mol. The van der Waals surface area contributed by atoms with Crippen LogP contribution in [0.3, 0.4) is 0 Å². The Morgan fingerprint density at radius 1 is 1.03 bits per heavy atom. The summed E-state index contributed by atoms with van der Waals surface area (Å²) in [4.78, 5) is 15.2. The van der Waals surface area contributed by atoms with Gasteiger partial charge in [-0.2, -0.15) is 0 Å². The number of methoxy groups -OCH3 is 2. The Kier molecular flexibility index (Phi) is 8.49. The van der Waals surface area contributed by atoms with Crippen LogP contribution in [0.1, 0.15) is 53.6 Å². The number of nitrogens with zero attached hydrogens (tertiary/aromatic N) is 1. The number of hydrogen-bond donors (Lipinski definition) is 1. The lowest BCUT2D eigenvalue weighted by Gasteiger charge is -2.39. The van der Waals surface area contributed by atoms with Gasteiger partial charge in [-0.15, -0.1) is 0 Å². The van der Waals surface area contributed by atoms with Crippen LogP contribution in [0.2, 0.25) is 5.02 Å². The van der Waals surface area contributed by atoms with Crippen LogP contribution in [0.15, 0.2) is 48.5 Å². The molecule has 0 bridgehead atoms. The molecule has 3 aromatic rings. The standard InChI is InChI=1S/C30H35ClN2O4/c1-5-6-29(34)33-13-11-21-17-27(36-4)28(37-14-12-20-7-10-26(35-3)25(32)16-20)18-24(21)30(33)23-9-8-22(31)15-19(23)2/h7-10,15-18,30H,5-6,11-14,32H2,1-4H3. The number of halogens is 1. The maximum Gasteiger partial charge on any atom is 0.223 e. The predicted molar refractivity (Wildman–Crippen MR) is 148 cm³/mol. The van der Waals surface area contributed by atoms with Crippen molar-refractivity contribution in [2.75, 3.05) is 33.1 Å². The highest BCUT2D eigenvalue weighted by atomic mass is 35.5. The molecule has 0 aliphatic carbocycles. The lowest BCUT2D eigenvalue weighted by Crippen LogP contribution is -2.40. The van der Waals surface area contributed by atoms with Crippen molar-refractivity contribution in [3.8, 4) is 17.2 Å². The highest BCUT2D eigenvalue weighted by Crippen LogP contribution is 2.42. The molecular formula is C30H35ClN2O4. The van der Waals surface area contributed by atoms with Crippen LogP contribution in [0.5, 0.6) is 17.2 Å². The summed E-state index contributed by atoms with van der Waals surface area (Å²) in [7, 11) is 3.26. The van der Waals surface area contributed by atoms with Crippen molar-refractivity contribution in [1.82, 2.24) is 4.90 Å². The molecule has 0 spiro atoms. The molecule has 37 heavy (non-hydrogen) atoms. The van der Waals surface area contributed by atoms with Gasteiger partial charge in [0.25, 0.3) is 0 Å². The van der Waals surface area contributed by atoms with Crippen molar-refractivity contribution < 1.29 is 19.0 Å². The maximum atomic E-state index is 13.2. The SMILES string of the molecule is CCCC(=O)N1CCc2cc(OC)c(OCCc3ccc(OC)c(N)c3)cc2C1c1ccc(Cl)cc1C. The van der Waals surface area contributed by atoms with Gasteiger partial charge in [-0.3, -0.25) is 4.79 Å². The molecule has 4 rings (SSSR count). The van der Waals surface area contributed by atoms with Gasteiger partial charge in [0, 0.05) is 24.4 Å². The highest BCUT2D eigenvalue weighted by molar-refractivity contribution is 6.30. The van der Waals surface area contributed by atoms with Gasteiger partial charge in [-0.25, -0.2) is 0 Å². The zero-order valence-corrected chi connectivity index (χ0v) is 22.7. The largest absolute Gasteiger partial charge is 0.495 e. The van der Waals surface area contributed by atoms with Gasteiger partial charge >= 0.3 is 0 Å². The third kappa shape index (κ3) is 5.80. The van der Waals surface area contributed by atoms with Gasteiger partial charge in [0.1, 0.15) is 5.75 Å². The molecule has 196 valence electrons. The third-order valence-corrected chi connectivity index (χ3v) is 7.14. The van der Waals surface area contributed by atoms with Gasteiger partial charge < -0.3 is 24.8 Å². The molecule has 1 unspecified atom stereocenters. The summed E-state index contributed by atoms with van der Waals surface area (Å²) in [5.74, 6) is 2.16.